The lowest BCUT2D eigenvalue weighted by Gasteiger charge is -2.23. The molecule has 1 amide bonds. The van der Waals surface area contributed by atoms with E-state index in [2.05, 4.69) is 26.1 Å². The van der Waals surface area contributed by atoms with Crippen molar-refractivity contribution in [3.63, 3.8) is 0 Å². The Labute approximate surface area is 140 Å². The molecule has 0 aliphatic heterocycles. The Morgan fingerprint density at radius 3 is 2.32 bits per heavy atom. The van der Waals surface area contributed by atoms with Gasteiger partial charge in [0.15, 0.2) is 0 Å². The van der Waals surface area contributed by atoms with Crippen molar-refractivity contribution in [1.82, 2.24) is 10.2 Å². The van der Waals surface area contributed by atoms with Crippen LogP contribution in [0, 0.1) is 0 Å². The van der Waals surface area contributed by atoms with Crippen LogP contribution in [0.5, 0.6) is 0 Å². The Hall–Kier alpha value is -1.65. The summed E-state index contributed by atoms with van der Waals surface area (Å²) in [6, 6.07) is 17.9. The minimum atomic E-state index is -0.000789. The highest BCUT2D eigenvalue weighted by molar-refractivity contribution is 9.10. The highest BCUT2D eigenvalue weighted by atomic mass is 79.9. The number of benzene rings is 2. The predicted molar refractivity (Wildman–Crippen MR) is 93.7 cm³/mol. The molecule has 0 radical (unpaired) electrons. The van der Waals surface area contributed by atoms with Gasteiger partial charge in [-0.15, -0.1) is 0 Å². The van der Waals surface area contributed by atoms with Gasteiger partial charge in [0, 0.05) is 11.0 Å². The number of carbonyl (C=O) groups excluding carboxylic acids is 1. The summed E-state index contributed by atoms with van der Waals surface area (Å²) < 4.78 is 1.02. The molecule has 0 aromatic heterocycles. The Morgan fingerprint density at radius 2 is 1.73 bits per heavy atom. The molecule has 2 rings (SSSR count). The van der Waals surface area contributed by atoms with E-state index in [1.54, 1.807) is 0 Å². The predicted octanol–water partition coefficient (Wildman–Crippen LogP) is 3.41. The monoisotopic (exact) mass is 360 g/mol. The maximum atomic E-state index is 12.3. The molecule has 0 spiro atoms. The van der Waals surface area contributed by atoms with E-state index in [-0.39, 0.29) is 11.9 Å². The van der Waals surface area contributed by atoms with Crippen molar-refractivity contribution in [2.24, 2.45) is 0 Å². The van der Waals surface area contributed by atoms with Gasteiger partial charge in [-0.05, 0) is 37.4 Å². The number of hydrogen-bond acceptors (Lipinski definition) is 2. The van der Waals surface area contributed by atoms with E-state index in [4.69, 9.17) is 0 Å². The van der Waals surface area contributed by atoms with Gasteiger partial charge in [-0.3, -0.25) is 4.79 Å². The third kappa shape index (κ3) is 5.28. The van der Waals surface area contributed by atoms with Gasteiger partial charge < -0.3 is 10.2 Å². The molecule has 0 aliphatic carbocycles. The first-order valence-electron chi connectivity index (χ1n) is 7.28. The molecule has 0 unspecified atom stereocenters. The smallest absolute Gasteiger partial charge is 0.224 e. The summed E-state index contributed by atoms with van der Waals surface area (Å²) in [5, 5.41) is 3.14. The first-order valence-corrected chi connectivity index (χ1v) is 8.07. The summed E-state index contributed by atoms with van der Waals surface area (Å²) in [6.07, 6.45) is 0.393. The van der Waals surface area contributed by atoms with E-state index in [1.165, 1.54) is 0 Å². The fraction of sp³-hybridized carbons (Fsp3) is 0.278. The van der Waals surface area contributed by atoms with E-state index in [0.717, 1.165) is 22.1 Å². The normalized spacial score (nSPS) is 12.2. The van der Waals surface area contributed by atoms with Crippen molar-refractivity contribution >= 4 is 21.8 Å². The van der Waals surface area contributed by atoms with Gasteiger partial charge in [-0.25, -0.2) is 0 Å². The van der Waals surface area contributed by atoms with Gasteiger partial charge in [0.25, 0.3) is 0 Å². The molecular weight excluding hydrogens is 340 g/mol. The summed E-state index contributed by atoms with van der Waals surface area (Å²) >= 11 is 3.40. The second-order valence-corrected chi connectivity index (χ2v) is 6.51. The van der Waals surface area contributed by atoms with E-state index in [0.29, 0.717) is 6.42 Å². The first-order chi connectivity index (χ1) is 10.5. The molecular formula is C18H21BrN2O. The summed E-state index contributed by atoms with van der Waals surface area (Å²) in [5.41, 5.74) is 2.14. The van der Waals surface area contributed by atoms with Crippen molar-refractivity contribution in [2.75, 3.05) is 20.6 Å². The van der Waals surface area contributed by atoms with Crippen molar-refractivity contribution in [3.8, 4) is 0 Å². The molecule has 3 nitrogen and oxygen atoms in total. The molecule has 22 heavy (non-hydrogen) atoms. The molecule has 0 saturated carbocycles. The molecule has 0 fully saturated rings. The molecule has 2 aromatic carbocycles. The lowest BCUT2D eigenvalue weighted by atomic mass is 10.1. The van der Waals surface area contributed by atoms with Crippen LogP contribution in [0.1, 0.15) is 17.2 Å². The lowest BCUT2D eigenvalue weighted by Crippen LogP contribution is -2.36. The average molecular weight is 361 g/mol. The van der Waals surface area contributed by atoms with Crippen LogP contribution >= 0.6 is 15.9 Å². The van der Waals surface area contributed by atoms with Crippen LogP contribution in [0.2, 0.25) is 0 Å². The zero-order chi connectivity index (χ0) is 15.9. The number of rotatable bonds is 6. The zero-order valence-corrected chi connectivity index (χ0v) is 14.5. The van der Waals surface area contributed by atoms with Gasteiger partial charge in [-0.1, -0.05) is 58.4 Å². The minimum absolute atomic E-state index is 0.000789. The van der Waals surface area contributed by atoms with Gasteiger partial charge in [-0.2, -0.15) is 0 Å². The zero-order valence-electron chi connectivity index (χ0n) is 12.9. The van der Waals surface area contributed by atoms with E-state index in [9.17, 15) is 4.79 Å². The maximum Gasteiger partial charge on any atom is 0.224 e. The molecule has 0 aliphatic rings. The lowest BCUT2D eigenvalue weighted by molar-refractivity contribution is -0.121. The van der Waals surface area contributed by atoms with Crippen molar-refractivity contribution in [2.45, 2.75) is 12.5 Å². The third-order valence-electron chi connectivity index (χ3n) is 3.36. The SMILES string of the molecule is CN(C)C[C@H](NC(=O)Cc1ccc(Br)cc1)c1ccccc1. The van der Waals surface area contributed by atoms with Crippen LogP contribution in [-0.4, -0.2) is 31.4 Å². The van der Waals surface area contributed by atoms with Crippen molar-refractivity contribution < 1.29 is 4.79 Å². The standard InChI is InChI=1S/C18H21BrN2O/c1-21(2)13-17(15-6-4-3-5-7-15)20-18(22)12-14-8-10-16(19)11-9-14/h3-11,17H,12-13H2,1-2H3,(H,20,22)/t17-/m0/s1. The third-order valence-corrected chi connectivity index (χ3v) is 3.89. The second kappa shape index (κ2) is 8.11. The fourth-order valence-corrected chi connectivity index (χ4v) is 2.58. The Bertz CT molecular complexity index is 596. The second-order valence-electron chi connectivity index (χ2n) is 5.60. The van der Waals surface area contributed by atoms with Crippen LogP contribution in [0.4, 0.5) is 0 Å². The van der Waals surface area contributed by atoms with Gasteiger partial charge >= 0.3 is 0 Å². The topological polar surface area (TPSA) is 32.3 Å². The van der Waals surface area contributed by atoms with Crippen molar-refractivity contribution in [1.29, 1.82) is 0 Å². The number of carbonyl (C=O) groups is 1. The number of nitrogens with zero attached hydrogens (tertiary/aromatic N) is 1. The molecule has 2 aromatic rings. The van der Waals surface area contributed by atoms with Gasteiger partial charge in [0.1, 0.15) is 0 Å². The minimum Gasteiger partial charge on any atom is -0.348 e. The highest BCUT2D eigenvalue weighted by Gasteiger charge is 2.15. The quantitative estimate of drug-likeness (QED) is 0.855. The summed E-state index contributed by atoms with van der Waals surface area (Å²) in [6.45, 7) is 0.774. The average Bonchev–Trinajstić information content (AvgIpc) is 2.49. The Morgan fingerprint density at radius 1 is 1.09 bits per heavy atom. The number of nitrogens with one attached hydrogen (secondary N) is 1. The number of likely N-dealkylation sites (N-methyl/N-ethyl adjacent to an activating group) is 1. The Balaban J connectivity index is 2.03. The summed E-state index contributed by atoms with van der Waals surface area (Å²) in [7, 11) is 4.02. The largest absolute Gasteiger partial charge is 0.348 e. The van der Waals surface area contributed by atoms with E-state index >= 15 is 0 Å². The molecule has 1 atom stereocenters. The molecule has 0 saturated heterocycles. The summed E-state index contributed by atoms with van der Waals surface area (Å²) in [4.78, 5) is 14.4. The van der Waals surface area contributed by atoms with Crippen LogP contribution in [0.3, 0.4) is 0 Å². The molecule has 0 bridgehead atoms. The van der Waals surface area contributed by atoms with E-state index < -0.39 is 0 Å². The fourth-order valence-electron chi connectivity index (χ4n) is 2.32. The number of amides is 1. The molecule has 4 heteroatoms. The molecule has 1 N–H and O–H groups in total. The van der Waals surface area contributed by atoms with Crippen LogP contribution < -0.4 is 5.32 Å². The summed E-state index contributed by atoms with van der Waals surface area (Å²) in [5.74, 6) is 0.0398. The van der Waals surface area contributed by atoms with E-state index in [1.807, 2.05) is 68.7 Å². The highest BCUT2D eigenvalue weighted by Crippen LogP contribution is 2.15. The Kier molecular flexibility index (Phi) is 6.16. The van der Waals surface area contributed by atoms with Crippen LogP contribution in [-0.2, 0) is 11.2 Å². The number of halogens is 1. The molecule has 0 heterocycles. The van der Waals surface area contributed by atoms with Gasteiger partial charge in [0.05, 0.1) is 12.5 Å². The number of hydrogen-bond donors (Lipinski definition) is 1. The van der Waals surface area contributed by atoms with Crippen LogP contribution in [0.25, 0.3) is 0 Å². The van der Waals surface area contributed by atoms with Crippen LogP contribution in [0.15, 0.2) is 59.1 Å². The maximum absolute atomic E-state index is 12.3. The molecule has 116 valence electrons. The van der Waals surface area contributed by atoms with Gasteiger partial charge in [0.2, 0.25) is 5.91 Å². The first kappa shape index (κ1) is 16.7. The van der Waals surface area contributed by atoms with Crippen molar-refractivity contribution in [3.05, 3.63) is 70.2 Å².